The van der Waals surface area contributed by atoms with Gasteiger partial charge in [0.15, 0.2) is 5.01 Å². The van der Waals surface area contributed by atoms with Crippen LogP contribution in [0, 0.1) is 5.92 Å². The fourth-order valence-corrected chi connectivity index (χ4v) is 2.41. The Morgan fingerprint density at radius 2 is 2.12 bits per heavy atom. The van der Waals surface area contributed by atoms with Crippen LogP contribution in [-0.4, -0.2) is 11.6 Å². The van der Waals surface area contributed by atoms with E-state index in [2.05, 4.69) is 34.6 Å². The Kier molecular flexibility index (Phi) is 4.02. The van der Waals surface area contributed by atoms with Gasteiger partial charge in [-0.3, -0.25) is 0 Å². The summed E-state index contributed by atoms with van der Waals surface area (Å²) in [6, 6.07) is 10.2. The number of rotatable bonds is 4. The molecule has 0 N–H and O–H groups in total. The van der Waals surface area contributed by atoms with Crippen LogP contribution < -0.4 is 0 Å². The maximum atomic E-state index is 5.66. The Hall–Kier alpha value is -0.800. The lowest BCUT2D eigenvalue weighted by atomic mass is 10.1. The number of halogens is 1. The second kappa shape index (κ2) is 5.51. The summed E-state index contributed by atoms with van der Waals surface area (Å²) in [6.07, 6.45) is 0.938. The summed E-state index contributed by atoms with van der Waals surface area (Å²) < 4.78 is 11.1. The zero-order valence-corrected chi connectivity index (χ0v) is 10.7. The molecule has 1 aromatic rings. The van der Waals surface area contributed by atoms with Crippen molar-refractivity contribution < 1.29 is 9.47 Å². The lowest BCUT2D eigenvalue weighted by Gasteiger charge is -2.09. The molecule has 1 fully saturated rings. The number of ether oxygens (including phenoxy) is 2. The van der Waals surface area contributed by atoms with E-state index >= 15 is 0 Å². The molecule has 16 heavy (non-hydrogen) atoms. The second-order valence-corrected chi connectivity index (χ2v) is 4.95. The van der Waals surface area contributed by atoms with E-state index in [1.807, 2.05) is 18.2 Å². The van der Waals surface area contributed by atoms with E-state index in [0.29, 0.717) is 19.1 Å². The van der Waals surface area contributed by atoms with Crippen LogP contribution in [0.25, 0.3) is 0 Å². The van der Waals surface area contributed by atoms with Crippen LogP contribution in [-0.2, 0) is 16.1 Å². The molecule has 0 aromatic heterocycles. The van der Waals surface area contributed by atoms with Gasteiger partial charge in [0.25, 0.3) is 0 Å². The largest absolute Gasteiger partial charge is 0.484 e. The monoisotopic (exact) mass is 282 g/mol. The van der Waals surface area contributed by atoms with E-state index in [1.54, 1.807) is 0 Å². The Labute approximate surface area is 104 Å². The average molecular weight is 283 g/mol. The van der Waals surface area contributed by atoms with Crippen molar-refractivity contribution >= 4 is 15.9 Å². The van der Waals surface area contributed by atoms with Crippen molar-refractivity contribution in [2.45, 2.75) is 18.0 Å². The highest BCUT2D eigenvalue weighted by Gasteiger charge is 2.27. The van der Waals surface area contributed by atoms with Gasteiger partial charge < -0.3 is 9.47 Å². The topological polar surface area (TPSA) is 18.5 Å². The van der Waals surface area contributed by atoms with E-state index < -0.39 is 0 Å². The summed E-state index contributed by atoms with van der Waals surface area (Å²) in [5.41, 5.74) is 1.20. The molecule has 0 saturated carbocycles. The van der Waals surface area contributed by atoms with Gasteiger partial charge in [0.05, 0.1) is 19.0 Å². The van der Waals surface area contributed by atoms with Gasteiger partial charge in [0, 0.05) is 12.3 Å². The van der Waals surface area contributed by atoms with Crippen LogP contribution in [0.5, 0.6) is 0 Å². The fourth-order valence-electron chi connectivity index (χ4n) is 1.72. The highest BCUT2D eigenvalue weighted by Crippen LogP contribution is 2.31. The van der Waals surface area contributed by atoms with Gasteiger partial charge in [0.2, 0.25) is 0 Å². The van der Waals surface area contributed by atoms with Gasteiger partial charge in [-0.15, -0.1) is 0 Å². The highest BCUT2D eigenvalue weighted by atomic mass is 79.9. The molecule has 0 radical (unpaired) electrons. The number of benzene rings is 1. The highest BCUT2D eigenvalue weighted by molar-refractivity contribution is 9.09. The smallest absolute Gasteiger partial charge is 0.153 e. The molecule has 1 aliphatic heterocycles. The normalized spacial score (nSPS) is 24.4. The minimum Gasteiger partial charge on any atom is -0.484 e. The van der Waals surface area contributed by atoms with Gasteiger partial charge in [-0.2, -0.15) is 0 Å². The number of hydrogen-bond donors (Lipinski definition) is 0. The predicted octanol–water partition coefficient (Wildman–Crippen LogP) is 3.47. The van der Waals surface area contributed by atoms with Crippen molar-refractivity contribution in [2.24, 2.45) is 5.92 Å². The van der Waals surface area contributed by atoms with Gasteiger partial charge >= 0.3 is 0 Å². The molecule has 2 nitrogen and oxygen atoms in total. The van der Waals surface area contributed by atoms with Gasteiger partial charge in [-0.05, 0) is 21.5 Å². The number of alkyl halides is 1. The zero-order chi connectivity index (χ0) is 11.4. The molecule has 3 heteroatoms. The van der Waals surface area contributed by atoms with Crippen LogP contribution in [0.15, 0.2) is 42.7 Å². The lowest BCUT2D eigenvalue weighted by molar-refractivity contribution is 0.0952. The van der Waals surface area contributed by atoms with Crippen LogP contribution in [0.3, 0.4) is 0 Å². The van der Waals surface area contributed by atoms with Crippen LogP contribution in [0.1, 0.15) is 12.0 Å². The lowest BCUT2D eigenvalue weighted by Crippen LogP contribution is -2.07. The maximum Gasteiger partial charge on any atom is 0.153 e. The van der Waals surface area contributed by atoms with E-state index in [9.17, 15) is 0 Å². The fraction of sp³-hybridized carbons (Fsp3) is 0.385. The Morgan fingerprint density at radius 3 is 2.75 bits per heavy atom. The first kappa shape index (κ1) is 11.7. The molecule has 0 bridgehead atoms. The molecule has 1 saturated heterocycles. The molecule has 0 spiro atoms. The first-order valence-corrected chi connectivity index (χ1v) is 6.28. The molecular weight excluding hydrogens is 268 g/mol. The third kappa shape index (κ3) is 3.09. The first-order chi connectivity index (χ1) is 7.75. The Balaban J connectivity index is 1.74. The summed E-state index contributed by atoms with van der Waals surface area (Å²) in [5, 5.41) is 0.102. The van der Waals surface area contributed by atoms with Crippen LogP contribution >= 0.6 is 15.9 Å². The summed E-state index contributed by atoms with van der Waals surface area (Å²) in [4.78, 5) is 0. The summed E-state index contributed by atoms with van der Waals surface area (Å²) in [7, 11) is 0. The Morgan fingerprint density at radius 1 is 1.38 bits per heavy atom. The molecular formula is C13H15BrO2. The molecule has 0 aliphatic carbocycles. The van der Waals surface area contributed by atoms with Crippen molar-refractivity contribution in [3.8, 4) is 0 Å². The minimum atomic E-state index is 0.102. The molecule has 1 heterocycles. The molecule has 1 aliphatic rings. The van der Waals surface area contributed by atoms with E-state index in [0.717, 1.165) is 12.2 Å². The summed E-state index contributed by atoms with van der Waals surface area (Å²) >= 11 is 3.42. The number of hydrogen-bond acceptors (Lipinski definition) is 2. The third-order valence-corrected chi connectivity index (χ3v) is 3.20. The average Bonchev–Trinajstić information content (AvgIpc) is 2.59. The Bertz CT molecular complexity index is 350. The molecule has 2 atom stereocenters. The molecule has 2 rings (SSSR count). The van der Waals surface area contributed by atoms with Crippen molar-refractivity contribution in [3.63, 3.8) is 0 Å². The zero-order valence-electron chi connectivity index (χ0n) is 9.06. The second-order valence-electron chi connectivity index (χ2n) is 3.93. The van der Waals surface area contributed by atoms with Crippen molar-refractivity contribution in [1.29, 1.82) is 0 Å². The third-order valence-electron chi connectivity index (χ3n) is 2.64. The van der Waals surface area contributed by atoms with Gasteiger partial charge in [0.1, 0.15) is 0 Å². The predicted molar refractivity (Wildman–Crippen MR) is 67.1 cm³/mol. The molecule has 1 unspecified atom stereocenters. The minimum absolute atomic E-state index is 0.102. The van der Waals surface area contributed by atoms with Gasteiger partial charge in [-0.1, -0.05) is 36.9 Å². The van der Waals surface area contributed by atoms with E-state index in [1.165, 1.54) is 5.56 Å². The van der Waals surface area contributed by atoms with E-state index in [-0.39, 0.29) is 5.01 Å². The summed E-state index contributed by atoms with van der Waals surface area (Å²) in [6.45, 7) is 5.21. The van der Waals surface area contributed by atoms with Crippen LogP contribution in [0.4, 0.5) is 0 Å². The molecule has 0 amide bonds. The van der Waals surface area contributed by atoms with Crippen molar-refractivity contribution in [2.75, 3.05) is 6.61 Å². The maximum absolute atomic E-state index is 5.66. The van der Waals surface area contributed by atoms with Gasteiger partial charge in [-0.25, -0.2) is 0 Å². The van der Waals surface area contributed by atoms with E-state index in [4.69, 9.17) is 9.47 Å². The van der Waals surface area contributed by atoms with Crippen molar-refractivity contribution in [3.05, 3.63) is 48.2 Å². The first-order valence-electron chi connectivity index (χ1n) is 5.37. The SMILES string of the molecule is C=C1O[C@H](Br)CC1COCc1ccccc1. The van der Waals surface area contributed by atoms with Crippen LogP contribution in [0.2, 0.25) is 0 Å². The quantitative estimate of drug-likeness (QED) is 0.788. The molecule has 1 aromatic carbocycles. The van der Waals surface area contributed by atoms with Crippen molar-refractivity contribution in [1.82, 2.24) is 0 Å². The summed E-state index contributed by atoms with van der Waals surface area (Å²) in [5.74, 6) is 1.14. The standard InChI is InChI=1S/C13H15BrO2/c1-10-12(7-13(14)16-10)9-15-8-11-5-3-2-4-6-11/h2-6,12-13H,1,7-9H2/t12?,13-/m0/s1. The molecule has 86 valence electrons.